The van der Waals surface area contributed by atoms with E-state index in [1.165, 1.54) is 7.11 Å². The predicted octanol–water partition coefficient (Wildman–Crippen LogP) is 3.51. The lowest BCUT2D eigenvalue weighted by Gasteiger charge is -2.17. The van der Waals surface area contributed by atoms with Crippen molar-refractivity contribution >= 4 is 15.9 Å². The molecule has 6 heteroatoms. The molecule has 1 aliphatic rings. The predicted molar refractivity (Wildman–Crippen MR) is 65.6 cm³/mol. The molecule has 0 atom stereocenters. The maximum absolute atomic E-state index is 12.9. The fourth-order valence-corrected chi connectivity index (χ4v) is 2.58. The van der Waals surface area contributed by atoms with Gasteiger partial charge in [0, 0.05) is 5.54 Å². The van der Waals surface area contributed by atoms with Crippen molar-refractivity contribution in [2.24, 2.45) is 5.73 Å². The molecule has 0 heterocycles. The van der Waals surface area contributed by atoms with Gasteiger partial charge in [-0.25, -0.2) is 0 Å². The van der Waals surface area contributed by atoms with Gasteiger partial charge in [-0.3, -0.25) is 0 Å². The molecule has 0 spiro atoms. The topological polar surface area (TPSA) is 35.2 Å². The molecule has 0 amide bonds. The van der Waals surface area contributed by atoms with Gasteiger partial charge in [0.05, 0.1) is 17.1 Å². The van der Waals surface area contributed by atoms with E-state index in [4.69, 9.17) is 10.5 Å². The highest BCUT2D eigenvalue weighted by Gasteiger charge is 2.40. The second-order valence-corrected chi connectivity index (χ2v) is 5.55. The summed E-state index contributed by atoms with van der Waals surface area (Å²) in [7, 11) is 1.22. The minimum atomic E-state index is -4.44. The van der Waals surface area contributed by atoms with E-state index in [-0.39, 0.29) is 11.3 Å². The highest BCUT2D eigenvalue weighted by Crippen LogP contribution is 2.43. The molecule has 0 bridgehead atoms. The van der Waals surface area contributed by atoms with Crippen LogP contribution in [0.5, 0.6) is 5.75 Å². The van der Waals surface area contributed by atoms with E-state index >= 15 is 0 Å². The van der Waals surface area contributed by atoms with E-state index in [1.54, 1.807) is 6.07 Å². The minimum Gasteiger partial charge on any atom is -0.495 e. The summed E-state index contributed by atoms with van der Waals surface area (Å²) in [6.45, 7) is 0. The van der Waals surface area contributed by atoms with Crippen molar-refractivity contribution in [1.82, 2.24) is 0 Å². The molecule has 2 rings (SSSR count). The summed E-state index contributed by atoms with van der Waals surface area (Å²) in [5.74, 6) is -0.187. The smallest absolute Gasteiger partial charge is 0.420 e. The van der Waals surface area contributed by atoms with Crippen LogP contribution in [0.1, 0.15) is 24.0 Å². The summed E-state index contributed by atoms with van der Waals surface area (Å²) < 4.78 is 43.8. The molecule has 0 unspecified atom stereocenters. The first-order valence-corrected chi connectivity index (χ1v) is 6.27. The van der Waals surface area contributed by atoms with Gasteiger partial charge in [-0.1, -0.05) is 0 Å². The van der Waals surface area contributed by atoms with Crippen LogP contribution in [0.2, 0.25) is 0 Å². The molecule has 1 fully saturated rings. The molecule has 0 aliphatic heterocycles. The molecule has 100 valence electrons. The van der Waals surface area contributed by atoms with Crippen molar-refractivity contribution in [3.63, 3.8) is 0 Å². The van der Waals surface area contributed by atoms with Gasteiger partial charge in [-0.05, 0) is 52.9 Å². The Hall–Kier alpha value is -0.750. The number of ether oxygens (including phenoxy) is 1. The molecule has 18 heavy (non-hydrogen) atoms. The highest BCUT2D eigenvalue weighted by atomic mass is 79.9. The molecule has 0 radical (unpaired) electrons. The molecule has 2 N–H and O–H groups in total. The minimum absolute atomic E-state index is 0.187. The van der Waals surface area contributed by atoms with Crippen molar-refractivity contribution in [2.75, 3.05) is 7.11 Å². The van der Waals surface area contributed by atoms with Gasteiger partial charge in [0.2, 0.25) is 0 Å². The van der Waals surface area contributed by atoms with Crippen LogP contribution in [0.3, 0.4) is 0 Å². The molecule has 0 saturated heterocycles. The Balaban J connectivity index is 2.42. The van der Waals surface area contributed by atoms with E-state index < -0.39 is 11.7 Å². The van der Waals surface area contributed by atoms with Crippen molar-refractivity contribution in [1.29, 1.82) is 0 Å². The van der Waals surface area contributed by atoms with Gasteiger partial charge in [-0.15, -0.1) is 0 Å². The Morgan fingerprint density at radius 3 is 2.44 bits per heavy atom. The van der Waals surface area contributed by atoms with Gasteiger partial charge >= 0.3 is 6.18 Å². The average molecular weight is 324 g/mol. The number of hydrogen-bond donors (Lipinski definition) is 1. The lowest BCUT2D eigenvalue weighted by Crippen LogP contribution is -2.24. The third kappa shape index (κ3) is 2.80. The lowest BCUT2D eigenvalue weighted by atomic mass is 10.0. The van der Waals surface area contributed by atoms with Gasteiger partial charge in [0.25, 0.3) is 0 Å². The van der Waals surface area contributed by atoms with Crippen LogP contribution in [-0.2, 0) is 12.6 Å². The van der Waals surface area contributed by atoms with Crippen LogP contribution < -0.4 is 10.5 Å². The standard InChI is InChI=1S/C12H13BrF3NO/c1-18-10-8(12(14,15)16)4-7(5-9(10)13)6-11(17)2-3-11/h4-5H,2-3,6,17H2,1H3. The van der Waals surface area contributed by atoms with Crippen LogP contribution in [0.4, 0.5) is 13.2 Å². The number of alkyl halides is 3. The van der Waals surface area contributed by atoms with Gasteiger partial charge < -0.3 is 10.5 Å². The van der Waals surface area contributed by atoms with Crippen molar-refractivity contribution in [3.8, 4) is 5.75 Å². The van der Waals surface area contributed by atoms with E-state index in [0.717, 1.165) is 18.9 Å². The van der Waals surface area contributed by atoms with Crippen molar-refractivity contribution in [3.05, 3.63) is 27.7 Å². The van der Waals surface area contributed by atoms with Gasteiger partial charge in [-0.2, -0.15) is 13.2 Å². The van der Waals surface area contributed by atoms with Crippen molar-refractivity contribution in [2.45, 2.75) is 31.0 Å². The van der Waals surface area contributed by atoms with E-state index in [1.807, 2.05) is 0 Å². The summed E-state index contributed by atoms with van der Waals surface area (Å²) in [5, 5.41) is 0. The molecular weight excluding hydrogens is 311 g/mol. The molecule has 1 aromatic carbocycles. The maximum Gasteiger partial charge on any atom is 0.420 e. The summed E-state index contributed by atoms with van der Waals surface area (Å²) in [6, 6.07) is 2.76. The highest BCUT2D eigenvalue weighted by molar-refractivity contribution is 9.10. The third-order valence-corrected chi connectivity index (χ3v) is 3.65. The monoisotopic (exact) mass is 323 g/mol. The fourth-order valence-electron chi connectivity index (χ4n) is 1.91. The zero-order valence-corrected chi connectivity index (χ0v) is 11.4. The Morgan fingerprint density at radius 1 is 1.39 bits per heavy atom. The Kier molecular flexibility index (Phi) is 3.36. The lowest BCUT2D eigenvalue weighted by molar-refractivity contribution is -0.138. The molecule has 2 nitrogen and oxygen atoms in total. The third-order valence-electron chi connectivity index (χ3n) is 3.06. The van der Waals surface area contributed by atoms with E-state index in [2.05, 4.69) is 15.9 Å². The van der Waals surface area contributed by atoms with Gasteiger partial charge in [0.15, 0.2) is 0 Å². The van der Waals surface area contributed by atoms with Crippen LogP contribution in [0.25, 0.3) is 0 Å². The summed E-state index contributed by atoms with van der Waals surface area (Å²) in [6.07, 6.45) is -2.26. The SMILES string of the molecule is COc1c(Br)cc(CC2(N)CC2)cc1C(F)(F)F. The first kappa shape index (κ1) is 13.7. The number of rotatable bonds is 3. The van der Waals surface area contributed by atoms with E-state index in [9.17, 15) is 13.2 Å². The first-order valence-electron chi connectivity index (χ1n) is 5.48. The molecular formula is C12H13BrF3NO. The summed E-state index contributed by atoms with van der Waals surface area (Å²) in [4.78, 5) is 0. The number of methoxy groups -OCH3 is 1. The molecule has 1 saturated carbocycles. The van der Waals surface area contributed by atoms with Gasteiger partial charge in [0.1, 0.15) is 5.75 Å². The Labute approximate surface area is 111 Å². The maximum atomic E-state index is 12.9. The van der Waals surface area contributed by atoms with Crippen molar-refractivity contribution < 1.29 is 17.9 Å². The normalized spacial score (nSPS) is 17.7. The zero-order chi connectivity index (χ0) is 13.6. The fraction of sp³-hybridized carbons (Fsp3) is 0.500. The summed E-state index contributed by atoms with van der Waals surface area (Å²) in [5.41, 5.74) is 5.42. The quantitative estimate of drug-likeness (QED) is 0.923. The Bertz CT molecular complexity index is 469. The first-order chi connectivity index (χ1) is 8.25. The Morgan fingerprint density at radius 2 is 2.00 bits per heavy atom. The van der Waals surface area contributed by atoms with Crippen LogP contribution >= 0.6 is 15.9 Å². The number of benzene rings is 1. The summed E-state index contributed by atoms with van der Waals surface area (Å²) >= 11 is 3.11. The molecule has 1 aliphatic carbocycles. The zero-order valence-electron chi connectivity index (χ0n) is 9.77. The second-order valence-electron chi connectivity index (χ2n) is 4.70. The van der Waals surface area contributed by atoms with Crippen LogP contribution in [0.15, 0.2) is 16.6 Å². The number of nitrogens with two attached hydrogens (primary N) is 1. The van der Waals surface area contributed by atoms with E-state index in [0.29, 0.717) is 16.5 Å². The number of halogens is 4. The van der Waals surface area contributed by atoms with Crippen LogP contribution in [-0.4, -0.2) is 12.6 Å². The molecule has 0 aromatic heterocycles. The average Bonchev–Trinajstić information content (AvgIpc) is 2.94. The largest absolute Gasteiger partial charge is 0.495 e. The number of hydrogen-bond acceptors (Lipinski definition) is 2. The molecule has 1 aromatic rings. The van der Waals surface area contributed by atoms with Crippen LogP contribution in [0, 0.1) is 0 Å². The second kappa shape index (κ2) is 4.42.